The zero-order chi connectivity index (χ0) is 21.5. The molecule has 0 amide bonds. The molecule has 0 bridgehead atoms. The van der Waals surface area contributed by atoms with Gasteiger partial charge < -0.3 is 23.3 Å². The van der Waals surface area contributed by atoms with Crippen LogP contribution in [-0.4, -0.2) is 29.1 Å². The van der Waals surface area contributed by atoms with Gasteiger partial charge in [-0.05, 0) is 48.5 Å². The average molecular weight is 415 g/mol. The van der Waals surface area contributed by atoms with Crippen LogP contribution in [0.25, 0.3) is 0 Å². The maximum absolute atomic E-state index is 14.0. The van der Waals surface area contributed by atoms with Crippen LogP contribution in [-0.2, 0) is 29.7 Å². The number of hydrogen-bond donors (Lipinski definition) is 0. The highest BCUT2D eigenvalue weighted by atomic mass is 31.2. The molecular weight excluding hydrogens is 381 g/mol. The zero-order valence-corrected chi connectivity index (χ0v) is 19.6. The van der Waals surface area contributed by atoms with Crippen LogP contribution < -0.4 is 4.74 Å². The monoisotopic (exact) mass is 415 g/mol. The fourth-order valence-electron chi connectivity index (χ4n) is 2.97. The maximum Gasteiger partial charge on any atom is 0.364 e. The summed E-state index contributed by atoms with van der Waals surface area (Å²) in [6.45, 7) is 16.8. The standard InChI is InChI=1S/C20H34NO6P/c1-13-16-15(12-24-20(8,9)25-16)14(11-21-13)17(23-10)28(22,26-18(2,3)4)27-19(5,6)7/h11,17H,12H2,1-10H3. The molecule has 0 saturated heterocycles. The van der Waals surface area contributed by atoms with Crippen LogP contribution in [0.5, 0.6) is 5.75 Å². The minimum atomic E-state index is -3.76. The molecule has 0 spiro atoms. The number of hydrogen-bond acceptors (Lipinski definition) is 7. The summed E-state index contributed by atoms with van der Waals surface area (Å²) in [5.41, 5.74) is 0.646. The van der Waals surface area contributed by atoms with Crippen LogP contribution in [0.1, 0.15) is 78.1 Å². The molecule has 7 nitrogen and oxygen atoms in total. The smallest absolute Gasteiger partial charge is 0.364 e. The topological polar surface area (TPSA) is 76.1 Å². The Bertz CT molecular complexity index is 743. The molecule has 1 atom stereocenters. The fourth-order valence-corrected chi connectivity index (χ4v) is 5.55. The van der Waals surface area contributed by atoms with Gasteiger partial charge in [0, 0.05) is 38.3 Å². The lowest BCUT2D eigenvalue weighted by Gasteiger charge is -2.38. The van der Waals surface area contributed by atoms with E-state index >= 15 is 0 Å². The normalized spacial score (nSPS) is 18.4. The Morgan fingerprint density at radius 1 is 1.14 bits per heavy atom. The number of methoxy groups -OCH3 is 1. The third kappa shape index (κ3) is 5.55. The molecule has 0 saturated carbocycles. The lowest BCUT2D eigenvalue weighted by molar-refractivity contribution is -0.181. The molecule has 0 aliphatic carbocycles. The summed E-state index contributed by atoms with van der Waals surface area (Å²) in [7, 11) is -2.28. The first-order valence-electron chi connectivity index (χ1n) is 9.42. The predicted octanol–water partition coefficient (Wildman–Crippen LogP) is 5.50. The summed E-state index contributed by atoms with van der Waals surface area (Å²) >= 11 is 0. The highest BCUT2D eigenvalue weighted by Gasteiger charge is 2.46. The first-order chi connectivity index (χ1) is 12.6. The van der Waals surface area contributed by atoms with Crippen LogP contribution >= 0.6 is 7.60 Å². The van der Waals surface area contributed by atoms with E-state index in [1.54, 1.807) is 6.20 Å². The van der Waals surface area contributed by atoms with Crippen LogP contribution in [0.3, 0.4) is 0 Å². The number of ether oxygens (including phenoxy) is 3. The van der Waals surface area contributed by atoms with Crippen molar-refractivity contribution in [3.05, 3.63) is 23.0 Å². The molecule has 1 aliphatic rings. The summed E-state index contributed by atoms with van der Waals surface area (Å²) in [5, 5.41) is 0. The zero-order valence-electron chi connectivity index (χ0n) is 18.7. The number of aryl methyl sites for hydroxylation is 1. The second-order valence-electron chi connectivity index (χ2n) is 9.43. The van der Waals surface area contributed by atoms with E-state index in [0.717, 1.165) is 11.3 Å². The number of pyridine rings is 1. The van der Waals surface area contributed by atoms with Crippen LogP contribution in [0.4, 0.5) is 0 Å². The third-order valence-corrected chi connectivity index (χ3v) is 6.51. The molecule has 1 aromatic rings. The van der Waals surface area contributed by atoms with Crippen LogP contribution in [0, 0.1) is 6.92 Å². The van der Waals surface area contributed by atoms with Crippen molar-refractivity contribution in [2.45, 2.75) is 91.8 Å². The van der Waals surface area contributed by atoms with Gasteiger partial charge in [0.1, 0.15) is 5.75 Å². The molecule has 2 rings (SSSR count). The first-order valence-corrected chi connectivity index (χ1v) is 11.0. The van der Waals surface area contributed by atoms with Gasteiger partial charge in [0.05, 0.1) is 23.5 Å². The van der Waals surface area contributed by atoms with Gasteiger partial charge >= 0.3 is 7.60 Å². The van der Waals surface area contributed by atoms with E-state index in [4.69, 9.17) is 23.3 Å². The van der Waals surface area contributed by atoms with Gasteiger partial charge in [-0.15, -0.1) is 0 Å². The fraction of sp³-hybridized carbons (Fsp3) is 0.750. The van der Waals surface area contributed by atoms with E-state index < -0.39 is 30.4 Å². The average Bonchev–Trinajstić information content (AvgIpc) is 2.45. The largest absolute Gasteiger partial charge is 0.461 e. The van der Waals surface area contributed by atoms with Crippen molar-refractivity contribution in [1.29, 1.82) is 0 Å². The maximum atomic E-state index is 14.0. The van der Waals surface area contributed by atoms with Crippen LogP contribution in [0.2, 0.25) is 0 Å². The third-order valence-electron chi connectivity index (χ3n) is 3.84. The highest BCUT2D eigenvalue weighted by Crippen LogP contribution is 2.66. The number of aromatic nitrogens is 1. The molecule has 28 heavy (non-hydrogen) atoms. The molecule has 0 radical (unpaired) electrons. The van der Waals surface area contributed by atoms with Gasteiger partial charge in [0.25, 0.3) is 0 Å². The van der Waals surface area contributed by atoms with Crippen molar-refractivity contribution < 1.29 is 27.8 Å². The van der Waals surface area contributed by atoms with Gasteiger partial charge in [-0.3, -0.25) is 9.55 Å². The number of fused-ring (bicyclic) bond motifs is 1. The van der Waals surface area contributed by atoms with Gasteiger partial charge in [-0.1, -0.05) is 0 Å². The molecule has 160 valence electrons. The van der Waals surface area contributed by atoms with Crippen molar-refractivity contribution in [3.8, 4) is 5.75 Å². The summed E-state index contributed by atoms with van der Waals surface area (Å²) in [6, 6.07) is 0. The predicted molar refractivity (Wildman–Crippen MR) is 108 cm³/mol. The van der Waals surface area contributed by atoms with Crippen LogP contribution in [0.15, 0.2) is 6.20 Å². The van der Waals surface area contributed by atoms with Gasteiger partial charge in [0.2, 0.25) is 5.79 Å². The van der Waals surface area contributed by atoms with Gasteiger partial charge in [-0.2, -0.15) is 0 Å². The molecule has 2 heterocycles. The molecule has 1 unspecified atom stereocenters. The lowest BCUT2D eigenvalue weighted by Crippen LogP contribution is -2.36. The second kappa shape index (κ2) is 7.69. The quantitative estimate of drug-likeness (QED) is 0.587. The van der Waals surface area contributed by atoms with Gasteiger partial charge in [0.15, 0.2) is 5.85 Å². The minimum Gasteiger partial charge on any atom is -0.461 e. The van der Waals surface area contributed by atoms with E-state index in [1.807, 2.05) is 62.3 Å². The lowest BCUT2D eigenvalue weighted by atomic mass is 10.1. The number of rotatable bonds is 5. The Morgan fingerprint density at radius 3 is 2.14 bits per heavy atom. The molecular formula is C20H34NO6P. The summed E-state index contributed by atoms with van der Waals surface area (Å²) in [6.07, 6.45) is 1.64. The SMILES string of the molecule is COC(c1cnc(C)c2c1COC(C)(C)O2)P(=O)(OC(C)(C)C)OC(C)(C)C. The van der Waals surface area contributed by atoms with E-state index in [0.29, 0.717) is 11.3 Å². The molecule has 8 heteroatoms. The molecule has 1 aliphatic heterocycles. The van der Waals surface area contributed by atoms with E-state index in [9.17, 15) is 4.57 Å². The Labute approximate surface area is 168 Å². The van der Waals surface area contributed by atoms with Crippen molar-refractivity contribution in [2.24, 2.45) is 0 Å². The Morgan fingerprint density at radius 2 is 1.68 bits per heavy atom. The van der Waals surface area contributed by atoms with Gasteiger partial charge in [-0.25, -0.2) is 0 Å². The van der Waals surface area contributed by atoms with E-state index in [1.165, 1.54) is 7.11 Å². The van der Waals surface area contributed by atoms with Crippen molar-refractivity contribution in [3.63, 3.8) is 0 Å². The molecule has 0 fully saturated rings. The first kappa shape index (κ1) is 23.3. The number of nitrogens with zero attached hydrogens (tertiary/aromatic N) is 1. The highest BCUT2D eigenvalue weighted by molar-refractivity contribution is 7.54. The molecule has 0 aromatic carbocycles. The Balaban J connectivity index is 2.60. The Hall–Kier alpha value is -0.980. The minimum absolute atomic E-state index is 0.284. The summed E-state index contributed by atoms with van der Waals surface area (Å²) < 4.78 is 43.4. The Kier molecular flexibility index (Phi) is 6.40. The van der Waals surface area contributed by atoms with Crippen molar-refractivity contribution in [2.75, 3.05) is 7.11 Å². The van der Waals surface area contributed by atoms with Crippen molar-refractivity contribution in [1.82, 2.24) is 4.98 Å². The second-order valence-corrected chi connectivity index (χ2v) is 11.3. The molecule has 0 N–H and O–H groups in total. The van der Waals surface area contributed by atoms with Crippen molar-refractivity contribution >= 4 is 7.60 Å². The van der Waals surface area contributed by atoms with E-state index in [2.05, 4.69) is 4.98 Å². The van der Waals surface area contributed by atoms with E-state index in [-0.39, 0.29) is 6.61 Å². The summed E-state index contributed by atoms with van der Waals surface area (Å²) in [5.74, 6) is -1.12. The summed E-state index contributed by atoms with van der Waals surface area (Å²) in [4.78, 5) is 4.44. The molecule has 1 aromatic heterocycles.